The maximum Gasteiger partial charge on any atom is 0.0500 e. The van der Waals surface area contributed by atoms with Gasteiger partial charge in [0.1, 0.15) is 0 Å². The molecule has 0 aliphatic heterocycles. The van der Waals surface area contributed by atoms with Gasteiger partial charge in [0.15, 0.2) is 0 Å². The minimum absolute atomic E-state index is 0.482. The van der Waals surface area contributed by atoms with Gasteiger partial charge in [-0.25, -0.2) is 0 Å². The molecule has 1 aromatic rings. The van der Waals surface area contributed by atoms with Gasteiger partial charge in [0.2, 0.25) is 0 Å². The molecule has 0 aromatic heterocycles. The van der Waals surface area contributed by atoms with Crippen LogP contribution in [0.3, 0.4) is 0 Å². The molecule has 0 saturated carbocycles. The van der Waals surface area contributed by atoms with Crippen molar-refractivity contribution in [3.05, 3.63) is 33.8 Å². The highest BCUT2D eigenvalue weighted by Crippen LogP contribution is 2.21. The molecule has 0 fully saturated rings. The van der Waals surface area contributed by atoms with Crippen LogP contribution in [0.25, 0.3) is 0 Å². The van der Waals surface area contributed by atoms with Gasteiger partial charge in [0, 0.05) is 26.6 Å². The first-order valence-electron chi connectivity index (χ1n) is 3.92. The molecule has 0 spiro atoms. The second-order valence-corrected chi connectivity index (χ2v) is 5.20. The molecule has 4 heteroatoms. The van der Waals surface area contributed by atoms with Crippen molar-refractivity contribution in [2.45, 2.75) is 12.7 Å². The second kappa shape index (κ2) is 4.99. The molecular weight excluding hydrogens is 227 g/mol. The summed E-state index contributed by atoms with van der Waals surface area (Å²) in [6.07, 6.45) is 0. The molecule has 0 saturated heterocycles. The molecule has 1 aromatic carbocycles. The largest absolute Gasteiger partial charge is 0.259 e. The van der Waals surface area contributed by atoms with E-state index in [1.165, 1.54) is 0 Å². The normalized spacial score (nSPS) is 12.8. The van der Waals surface area contributed by atoms with Crippen LogP contribution >= 0.6 is 23.2 Å². The van der Waals surface area contributed by atoms with E-state index in [-0.39, 0.29) is 0 Å². The Bertz CT molecular complexity index is 325. The van der Waals surface area contributed by atoms with E-state index in [9.17, 15) is 4.21 Å². The summed E-state index contributed by atoms with van der Waals surface area (Å²) in [5.74, 6) is 1.12. The molecule has 0 amide bonds. The molecule has 72 valence electrons. The van der Waals surface area contributed by atoms with Crippen LogP contribution < -0.4 is 0 Å². The fourth-order valence-corrected chi connectivity index (χ4v) is 2.18. The molecule has 1 unspecified atom stereocenters. The van der Waals surface area contributed by atoms with Gasteiger partial charge in [-0.1, -0.05) is 30.1 Å². The Morgan fingerprint density at radius 1 is 1.38 bits per heavy atom. The molecule has 0 aliphatic rings. The van der Waals surface area contributed by atoms with Crippen LogP contribution in [-0.2, 0) is 16.6 Å². The Labute approximate surface area is 90.5 Å². The molecule has 0 aliphatic carbocycles. The number of hydrogen-bond acceptors (Lipinski definition) is 1. The van der Waals surface area contributed by atoms with Gasteiger partial charge < -0.3 is 0 Å². The van der Waals surface area contributed by atoms with Crippen molar-refractivity contribution in [3.63, 3.8) is 0 Å². The van der Waals surface area contributed by atoms with Gasteiger partial charge in [-0.15, -0.1) is 0 Å². The summed E-state index contributed by atoms with van der Waals surface area (Å²) in [7, 11) is -0.840. The van der Waals surface area contributed by atoms with Crippen molar-refractivity contribution in [3.8, 4) is 0 Å². The zero-order valence-electron chi connectivity index (χ0n) is 7.22. The van der Waals surface area contributed by atoms with Crippen LogP contribution in [-0.4, -0.2) is 9.96 Å². The Morgan fingerprint density at radius 3 is 2.69 bits per heavy atom. The fourth-order valence-electron chi connectivity index (χ4n) is 0.929. The quantitative estimate of drug-likeness (QED) is 0.788. The third kappa shape index (κ3) is 3.29. The first-order valence-corrected chi connectivity index (χ1v) is 6.16. The Hall–Kier alpha value is -0.0500. The van der Waals surface area contributed by atoms with E-state index >= 15 is 0 Å². The summed E-state index contributed by atoms with van der Waals surface area (Å²) in [6, 6.07) is 5.21. The van der Waals surface area contributed by atoms with Crippen molar-refractivity contribution in [2.75, 3.05) is 5.75 Å². The lowest BCUT2D eigenvalue weighted by Gasteiger charge is -2.03. The minimum atomic E-state index is -0.840. The summed E-state index contributed by atoms with van der Waals surface area (Å²) in [5, 5.41) is 1.26. The average Bonchev–Trinajstić information content (AvgIpc) is 2.11. The maximum absolute atomic E-state index is 11.3. The number of halogens is 2. The maximum atomic E-state index is 11.3. The Balaban J connectivity index is 2.87. The van der Waals surface area contributed by atoms with Crippen molar-refractivity contribution in [1.82, 2.24) is 0 Å². The molecule has 1 nitrogen and oxygen atoms in total. The smallest absolute Gasteiger partial charge is 0.0500 e. The van der Waals surface area contributed by atoms with E-state index in [4.69, 9.17) is 23.2 Å². The molecule has 0 heterocycles. The fraction of sp³-hybridized carbons (Fsp3) is 0.333. The molecule has 0 radical (unpaired) electrons. The minimum Gasteiger partial charge on any atom is -0.259 e. The van der Waals surface area contributed by atoms with E-state index in [0.29, 0.717) is 21.6 Å². The van der Waals surface area contributed by atoms with E-state index in [2.05, 4.69) is 0 Å². The first kappa shape index (κ1) is 11.0. The van der Waals surface area contributed by atoms with Crippen molar-refractivity contribution in [1.29, 1.82) is 0 Å². The molecular formula is C9H10Cl2OS. The van der Waals surface area contributed by atoms with E-state index < -0.39 is 10.8 Å². The molecule has 13 heavy (non-hydrogen) atoms. The lowest BCUT2D eigenvalue weighted by Crippen LogP contribution is -1.98. The van der Waals surface area contributed by atoms with Crippen LogP contribution in [0.4, 0.5) is 0 Å². The lowest BCUT2D eigenvalue weighted by atomic mass is 10.2. The van der Waals surface area contributed by atoms with Crippen molar-refractivity contribution < 1.29 is 4.21 Å². The van der Waals surface area contributed by atoms with E-state index in [1.807, 2.05) is 6.92 Å². The van der Waals surface area contributed by atoms with Gasteiger partial charge in [0.25, 0.3) is 0 Å². The molecule has 1 atom stereocenters. The van der Waals surface area contributed by atoms with Gasteiger partial charge in [-0.05, 0) is 23.8 Å². The molecule has 0 bridgehead atoms. The average molecular weight is 237 g/mol. The zero-order valence-corrected chi connectivity index (χ0v) is 9.55. The van der Waals surface area contributed by atoms with E-state index in [1.54, 1.807) is 18.2 Å². The zero-order chi connectivity index (χ0) is 9.84. The van der Waals surface area contributed by atoms with Crippen LogP contribution in [0.5, 0.6) is 0 Å². The summed E-state index contributed by atoms with van der Waals surface area (Å²) in [6.45, 7) is 1.88. The summed E-state index contributed by atoms with van der Waals surface area (Å²) in [5.41, 5.74) is 0.856. The predicted molar refractivity (Wildman–Crippen MR) is 58.8 cm³/mol. The van der Waals surface area contributed by atoms with Gasteiger partial charge in [-0.2, -0.15) is 0 Å². The van der Waals surface area contributed by atoms with Gasteiger partial charge >= 0.3 is 0 Å². The number of rotatable bonds is 3. The summed E-state index contributed by atoms with van der Waals surface area (Å²) < 4.78 is 11.3. The monoisotopic (exact) mass is 236 g/mol. The number of benzene rings is 1. The third-order valence-electron chi connectivity index (χ3n) is 1.65. The third-order valence-corrected chi connectivity index (χ3v) is 3.53. The highest BCUT2D eigenvalue weighted by Gasteiger charge is 2.04. The van der Waals surface area contributed by atoms with E-state index in [0.717, 1.165) is 5.56 Å². The summed E-state index contributed by atoms with van der Waals surface area (Å²) >= 11 is 11.7. The van der Waals surface area contributed by atoms with Crippen molar-refractivity contribution >= 4 is 34.0 Å². The molecule has 0 N–H and O–H groups in total. The Morgan fingerprint density at radius 2 is 2.08 bits per heavy atom. The summed E-state index contributed by atoms with van der Waals surface area (Å²) in [4.78, 5) is 0. The molecule has 1 rings (SSSR count). The topological polar surface area (TPSA) is 17.1 Å². The number of hydrogen-bond donors (Lipinski definition) is 0. The van der Waals surface area contributed by atoms with Gasteiger partial charge in [0.05, 0.1) is 5.75 Å². The first-order chi connectivity index (χ1) is 6.13. The van der Waals surface area contributed by atoms with Crippen LogP contribution in [0.1, 0.15) is 12.5 Å². The van der Waals surface area contributed by atoms with Crippen molar-refractivity contribution in [2.24, 2.45) is 0 Å². The second-order valence-electron chi connectivity index (χ2n) is 2.61. The van der Waals surface area contributed by atoms with Gasteiger partial charge in [-0.3, -0.25) is 4.21 Å². The SMILES string of the molecule is CCS(=O)Cc1cc(Cl)ccc1Cl. The Kier molecular flexibility index (Phi) is 4.23. The van der Waals surface area contributed by atoms with Crippen LogP contribution in [0, 0.1) is 0 Å². The van der Waals surface area contributed by atoms with Crippen LogP contribution in [0.15, 0.2) is 18.2 Å². The highest BCUT2D eigenvalue weighted by atomic mass is 35.5. The predicted octanol–water partition coefficient (Wildman–Crippen LogP) is 3.26. The standard InChI is InChI=1S/C9H10Cl2OS/c1-2-13(12)6-7-5-8(10)3-4-9(7)11/h3-5H,2,6H2,1H3. The van der Waals surface area contributed by atoms with Crippen LogP contribution in [0.2, 0.25) is 10.0 Å². The highest BCUT2D eigenvalue weighted by molar-refractivity contribution is 7.84. The lowest BCUT2D eigenvalue weighted by molar-refractivity contribution is 0.683.